The Bertz CT molecular complexity index is 822. The number of nitrogens with zero attached hydrogens (tertiary/aromatic N) is 2. The second-order valence-electron chi connectivity index (χ2n) is 7.80. The summed E-state index contributed by atoms with van der Waals surface area (Å²) in [4.78, 5) is 41.2. The van der Waals surface area contributed by atoms with E-state index < -0.39 is 17.5 Å². The summed E-state index contributed by atoms with van der Waals surface area (Å²) in [5.74, 6) is 1.07. The molecule has 0 unspecified atom stereocenters. The number of carbonyl (C=O) groups excluding carboxylic acids is 3. The van der Waals surface area contributed by atoms with Crippen molar-refractivity contribution >= 4 is 17.8 Å². The Kier molecular flexibility index (Phi) is 4.64. The van der Waals surface area contributed by atoms with E-state index in [1.54, 1.807) is 30.0 Å². The smallest absolute Gasteiger partial charge is 0.325 e. The normalized spacial score (nSPS) is 23.1. The van der Waals surface area contributed by atoms with Crippen LogP contribution in [0.1, 0.15) is 38.7 Å². The third-order valence-corrected chi connectivity index (χ3v) is 5.54. The Labute approximate surface area is 163 Å². The zero-order chi connectivity index (χ0) is 19.9. The van der Waals surface area contributed by atoms with E-state index in [2.05, 4.69) is 5.32 Å². The molecular weight excluding hydrogens is 362 g/mol. The maximum Gasteiger partial charge on any atom is 0.325 e. The van der Waals surface area contributed by atoms with Gasteiger partial charge in [-0.25, -0.2) is 4.79 Å². The molecule has 1 N–H and O–H groups in total. The summed E-state index contributed by atoms with van der Waals surface area (Å²) in [5.41, 5.74) is -0.654. The fourth-order valence-corrected chi connectivity index (χ4v) is 3.68. The number of imide groups is 1. The molecule has 0 bridgehead atoms. The van der Waals surface area contributed by atoms with Crippen molar-refractivity contribution in [1.29, 1.82) is 0 Å². The number of amides is 4. The van der Waals surface area contributed by atoms with Gasteiger partial charge in [0.05, 0.1) is 0 Å². The standard InChI is InChI=1S/C20H25N3O5/c1-3-8-22(10-13-4-5-13)17(24)11-23-18(25)20(2,21-19(23)26)14-6-7-15-16(9-14)28-12-27-15/h6-7,9,13H,3-5,8,10-12H2,1-2H3,(H,21,26)/t20-/m0/s1. The molecule has 150 valence electrons. The Morgan fingerprint density at radius 2 is 2.04 bits per heavy atom. The average Bonchev–Trinajstić information content (AvgIpc) is 3.31. The molecule has 0 radical (unpaired) electrons. The van der Waals surface area contributed by atoms with E-state index in [1.165, 1.54) is 0 Å². The molecule has 4 rings (SSSR count). The van der Waals surface area contributed by atoms with E-state index in [0.717, 1.165) is 24.2 Å². The van der Waals surface area contributed by atoms with Crippen molar-refractivity contribution in [3.8, 4) is 11.5 Å². The van der Waals surface area contributed by atoms with Gasteiger partial charge in [0.1, 0.15) is 12.1 Å². The molecule has 1 aromatic rings. The highest BCUT2D eigenvalue weighted by molar-refractivity contribution is 6.09. The first-order valence-corrected chi connectivity index (χ1v) is 9.74. The topological polar surface area (TPSA) is 88.2 Å². The number of nitrogens with one attached hydrogen (secondary N) is 1. The molecule has 1 atom stereocenters. The van der Waals surface area contributed by atoms with Crippen LogP contribution in [0.15, 0.2) is 18.2 Å². The molecule has 1 saturated heterocycles. The molecule has 2 aliphatic heterocycles. The van der Waals surface area contributed by atoms with Crippen LogP contribution in [0.2, 0.25) is 0 Å². The van der Waals surface area contributed by atoms with Crippen molar-refractivity contribution in [2.75, 3.05) is 26.4 Å². The molecule has 4 amide bonds. The first-order chi connectivity index (χ1) is 13.4. The first-order valence-electron chi connectivity index (χ1n) is 9.74. The quantitative estimate of drug-likeness (QED) is 0.721. The minimum absolute atomic E-state index is 0.130. The summed E-state index contributed by atoms with van der Waals surface area (Å²) >= 11 is 0. The molecule has 28 heavy (non-hydrogen) atoms. The van der Waals surface area contributed by atoms with Crippen molar-refractivity contribution in [3.63, 3.8) is 0 Å². The first kappa shape index (κ1) is 18.6. The van der Waals surface area contributed by atoms with Gasteiger partial charge in [-0.15, -0.1) is 0 Å². The Balaban J connectivity index is 1.50. The zero-order valence-electron chi connectivity index (χ0n) is 16.2. The number of fused-ring (bicyclic) bond motifs is 1. The van der Waals surface area contributed by atoms with Crippen molar-refractivity contribution < 1.29 is 23.9 Å². The van der Waals surface area contributed by atoms with Gasteiger partial charge >= 0.3 is 6.03 Å². The van der Waals surface area contributed by atoms with Crippen LogP contribution in [0.25, 0.3) is 0 Å². The maximum atomic E-state index is 13.1. The molecule has 2 fully saturated rings. The fourth-order valence-electron chi connectivity index (χ4n) is 3.68. The molecule has 1 aromatic carbocycles. The SMILES string of the molecule is CCCN(CC1CC1)C(=O)CN1C(=O)N[C@@](C)(c2ccc3c(c2)OCO3)C1=O. The number of hydrogen-bond donors (Lipinski definition) is 1. The summed E-state index contributed by atoms with van der Waals surface area (Å²) in [6.45, 7) is 4.89. The second-order valence-corrected chi connectivity index (χ2v) is 7.80. The molecule has 0 spiro atoms. The van der Waals surface area contributed by atoms with Crippen LogP contribution in [0.5, 0.6) is 11.5 Å². The van der Waals surface area contributed by atoms with Crippen LogP contribution < -0.4 is 14.8 Å². The van der Waals surface area contributed by atoms with Crippen LogP contribution in [-0.4, -0.2) is 54.1 Å². The Morgan fingerprint density at radius 3 is 2.75 bits per heavy atom. The minimum Gasteiger partial charge on any atom is -0.454 e. The number of urea groups is 1. The Hall–Kier alpha value is -2.77. The van der Waals surface area contributed by atoms with E-state index >= 15 is 0 Å². The number of benzene rings is 1. The number of ether oxygens (including phenoxy) is 2. The van der Waals surface area contributed by atoms with Crippen LogP contribution in [-0.2, 0) is 15.1 Å². The van der Waals surface area contributed by atoms with Crippen LogP contribution in [0, 0.1) is 5.92 Å². The molecule has 1 aliphatic carbocycles. The molecule has 1 saturated carbocycles. The second kappa shape index (κ2) is 7.00. The third kappa shape index (κ3) is 3.27. The van der Waals surface area contributed by atoms with E-state index in [4.69, 9.17) is 9.47 Å². The van der Waals surface area contributed by atoms with Gasteiger partial charge in [-0.05, 0) is 49.8 Å². The van der Waals surface area contributed by atoms with Crippen LogP contribution in [0.4, 0.5) is 4.79 Å². The highest BCUT2D eigenvalue weighted by Gasteiger charge is 2.50. The maximum absolute atomic E-state index is 13.1. The molecule has 8 nitrogen and oxygen atoms in total. The number of carbonyl (C=O) groups is 3. The van der Waals surface area contributed by atoms with E-state index in [-0.39, 0.29) is 19.2 Å². The molecule has 0 aromatic heterocycles. The lowest BCUT2D eigenvalue weighted by molar-refractivity contribution is -0.139. The van der Waals surface area contributed by atoms with E-state index in [0.29, 0.717) is 36.1 Å². The molecule has 8 heteroatoms. The van der Waals surface area contributed by atoms with Gasteiger partial charge in [-0.3, -0.25) is 14.5 Å². The predicted molar refractivity (Wildman–Crippen MR) is 99.8 cm³/mol. The fraction of sp³-hybridized carbons (Fsp3) is 0.550. The summed E-state index contributed by atoms with van der Waals surface area (Å²) in [7, 11) is 0. The van der Waals surface area contributed by atoms with Crippen molar-refractivity contribution in [2.24, 2.45) is 5.92 Å². The minimum atomic E-state index is -1.25. The van der Waals surface area contributed by atoms with E-state index in [1.807, 2.05) is 6.92 Å². The van der Waals surface area contributed by atoms with Crippen molar-refractivity contribution in [3.05, 3.63) is 23.8 Å². The third-order valence-electron chi connectivity index (χ3n) is 5.54. The summed E-state index contributed by atoms with van der Waals surface area (Å²) in [5, 5.41) is 2.74. The largest absolute Gasteiger partial charge is 0.454 e. The monoisotopic (exact) mass is 387 g/mol. The van der Waals surface area contributed by atoms with Crippen molar-refractivity contribution in [2.45, 2.75) is 38.6 Å². The summed E-state index contributed by atoms with van der Waals surface area (Å²) in [6.07, 6.45) is 3.12. The van der Waals surface area contributed by atoms with Gasteiger partial charge in [-0.1, -0.05) is 13.0 Å². The Morgan fingerprint density at radius 1 is 1.29 bits per heavy atom. The van der Waals surface area contributed by atoms with E-state index in [9.17, 15) is 14.4 Å². The summed E-state index contributed by atoms with van der Waals surface area (Å²) in [6, 6.07) is 4.59. The number of rotatable bonds is 7. The molecular formula is C20H25N3O5. The average molecular weight is 387 g/mol. The highest BCUT2D eigenvalue weighted by atomic mass is 16.7. The van der Waals surface area contributed by atoms with Crippen LogP contribution in [0.3, 0.4) is 0 Å². The summed E-state index contributed by atoms with van der Waals surface area (Å²) < 4.78 is 10.7. The predicted octanol–water partition coefficient (Wildman–Crippen LogP) is 1.83. The molecule has 2 heterocycles. The van der Waals surface area contributed by atoms with Gasteiger partial charge in [-0.2, -0.15) is 0 Å². The lowest BCUT2D eigenvalue weighted by Gasteiger charge is -2.25. The van der Waals surface area contributed by atoms with Crippen molar-refractivity contribution in [1.82, 2.24) is 15.1 Å². The lowest BCUT2D eigenvalue weighted by atomic mass is 9.91. The number of hydrogen-bond acceptors (Lipinski definition) is 5. The van der Waals surface area contributed by atoms with Gasteiger partial charge in [0.2, 0.25) is 12.7 Å². The van der Waals surface area contributed by atoms with Crippen LogP contribution >= 0.6 is 0 Å². The zero-order valence-corrected chi connectivity index (χ0v) is 16.2. The van der Waals surface area contributed by atoms with Gasteiger partial charge < -0.3 is 19.7 Å². The van der Waals surface area contributed by atoms with Gasteiger partial charge in [0.25, 0.3) is 5.91 Å². The lowest BCUT2D eigenvalue weighted by Crippen LogP contribution is -2.45. The highest BCUT2D eigenvalue weighted by Crippen LogP contribution is 2.38. The van der Waals surface area contributed by atoms with Gasteiger partial charge in [0.15, 0.2) is 11.5 Å². The molecule has 3 aliphatic rings. The van der Waals surface area contributed by atoms with Gasteiger partial charge in [0, 0.05) is 13.1 Å².